The zero-order chi connectivity index (χ0) is 20.2. The van der Waals surface area contributed by atoms with E-state index in [1.54, 1.807) is 0 Å². The van der Waals surface area contributed by atoms with Crippen LogP contribution >= 0.6 is 23.2 Å². The molecule has 4 nitrogen and oxygen atoms in total. The molecule has 0 radical (unpaired) electrons. The molecule has 152 valence electrons. The van der Waals surface area contributed by atoms with Crippen molar-refractivity contribution >= 4 is 39.9 Å². The lowest BCUT2D eigenvalue weighted by Gasteiger charge is -2.32. The normalized spacial score (nSPS) is 15.6. The van der Waals surface area contributed by atoms with Gasteiger partial charge < -0.3 is 10.1 Å². The smallest absolute Gasteiger partial charge is 0.138 e. The molecular weight excluding hydrogens is 405 g/mol. The molecule has 1 aliphatic heterocycles. The van der Waals surface area contributed by atoms with E-state index in [1.807, 2.05) is 43.3 Å². The number of ether oxygens (including phenoxy) is 1. The molecule has 2 heterocycles. The average Bonchev–Trinajstić information content (AvgIpc) is 2.72. The molecule has 0 amide bonds. The fourth-order valence-electron chi connectivity index (χ4n) is 3.82. The topological polar surface area (TPSA) is 37.4 Å². The van der Waals surface area contributed by atoms with Crippen molar-refractivity contribution in [3.63, 3.8) is 0 Å². The van der Waals surface area contributed by atoms with Gasteiger partial charge in [-0.1, -0.05) is 47.5 Å². The number of benzene rings is 2. The van der Waals surface area contributed by atoms with Crippen LogP contribution in [-0.2, 0) is 6.54 Å². The predicted molar refractivity (Wildman–Crippen MR) is 121 cm³/mol. The summed E-state index contributed by atoms with van der Waals surface area (Å²) < 4.78 is 5.61. The second kappa shape index (κ2) is 9.21. The Labute approximate surface area is 181 Å². The van der Waals surface area contributed by atoms with Gasteiger partial charge in [-0.15, -0.1) is 0 Å². The third-order valence-corrected chi connectivity index (χ3v) is 5.93. The zero-order valence-corrected chi connectivity index (χ0v) is 18.0. The number of halogens is 2. The Morgan fingerprint density at radius 2 is 1.86 bits per heavy atom. The van der Waals surface area contributed by atoms with Gasteiger partial charge >= 0.3 is 0 Å². The summed E-state index contributed by atoms with van der Waals surface area (Å²) in [6.07, 6.45) is 2.13. The van der Waals surface area contributed by atoms with Crippen molar-refractivity contribution in [2.75, 3.05) is 25.0 Å². The summed E-state index contributed by atoms with van der Waals surface area (Å²) in [7, 11) is 0. The Bertz CT molecular complexity index is 987. The van der Waals surface area contributed by atoms with Crippen molar-refractivity contribution in [2.24, 2.45) is 0 Å². The second-order valence-electron chi connectivity index (χ2n) is 7.40. The van der Waals surface area contributed by atoms with Gasteiger partial charge in [0.25, 0.3) is 0 Å². The van der Waals surface area contributed by atoms with Crippen molar-refractivity contribution in [1.29, 1.82) is 0 Å². The number of para-hydroxylation sites is 1. The molecule has 2 aromatic carbocycles. The third kappa shape index (κ3) is 4.95. The molecule has 1 fully saturated rings. The number of anilines is 1. The van der Waals surface area contributed by atoms with E-state index in [9.17, 15) is 0 Å². The molecule has 3 aromatic rings. The van der Waals surface area contributed by atoms with Gasteiger partial charge in [-0.2, -0.15) is 0 Å². The average molecular weight is 430 g/mol. The predicted octanol–water partition coefficient (Wildman–Crippen LogP) is 6.02. The molecule has 6 heteroatoms. The third-order valence-electron chi connectivity index (χ3n) is 5.31. The second-order valence-corrected chi connectivity index (χ2v) is 8.21. The van der Waals surface area contributed by atoms with Crippen molar-refractivity contribution in [2.45, 2.75) is 32.4 Å². The van der Waals surface area contributed by atoms with Gasteiger partial charge in [0, 0.05) is 31.1 Å². The van der Waals surface area contributed by atoms with Crippen LogP contribution in [0.3, 0.4) is 0 Å². The first-order valence-electron chi connectivity index (χ1n) is 10.1. The molecule has 0 aliphatic carbocycles. The Morgan fingerprint density at radius 1 is 1.07 bits per heavy atom. The summed E-state index contributed by atoms with van der Waals surface area (Å²) in [4.78, 5) is 7.19. The Morgan fingerprint density at radius 3 is 2.66 bits per heavy atom. The Kier molecular flexibility index (Phi) is 6.43. The molecular formula is C23H25Cl2N3O. The molecule has 1 aromatic heterocycles. The lowest BCUT2D eigenvalue weighted by Crippen LogP contribution is -2.38. The van der Waals surface area contributed by atoms with Crippen LogP contribution in [0.4, 0.5) is 5.82 Å². The number of pyridine rings is 1. The summed E-state index contributed by atoms with van der Waals surface area (Å²) >= 11 is 12.6. The van der Waals surface area contributed by atoms with Crippen LogP contribution in [0.25, 0.3) is 10.9 Å². The number of piperidine rings is 1. The largest absolute Gasteiger partial charge is 0.492 e. The maximum absolute atomic E-state index is 6.43. The summed E-state index contributed by atoms with van der Waals surface area (Å²) in [5, 5.41) is 5.97. The molecule has 0 bridgehead atoms. The van der Waals surface area contributed by atoms with Crippen LogP contribution in [0.15, 0.2) is 48.5 Å². The molecule has 29 heavy (non-hydrogen) atoms. The van der Waals surface area contributed by atoms with Crippen molar-refractivity contribution in [3.05, 3.63) is 64.1 Å². The first-order chi connectivity index (χ1) is 14.1. The van der Waals surface area contributed by atoms with Gasteiger partial charge in [-0.3, -0.25) is 4.90 Å². The maximum Gasteiger partial charge on any atom is 0.138 e. The fraction of sp³-hybridized carbons (Fsp3) is 0.348. The van der Waals surface area contributed by atoms with Crippen LogP contribution in [0.1, 0.15) is 25.3 Å². The van der Waals surface area contributed by atoms with Crippen molar-refractivity contribution < 1.29 is 4.74 Å². The van der Waals surface area contributed by atoms with E-state index in [4.69, 9.17) is 32.9 Å². The fourth-order valence-corrected chi connectivity index (χ4v) is 4.26. The maximum atomic E-state index is 6.43. The van der Waals surface area contributed by atoms with E-state index in [2.05, 4.69) is 22.3 Å². The van der Waals surface area contributed by atoms with Gasteiger partial charge in [0.1, 0.15) is 11.6 Å². The lowest BCUT2D eigenvalue weighted by atomic mass is 10.0. The van der Waals surface area contributed by atoms with Gasteiger partial charge in [0.05, 0.1) is 22.2 Å². The van der Waals surface area contributed by atoms with E-state index in [0.29, 0.717) is 17.7 Å². The minimum absolute atomic E-state index is 0.403. The number of hydrogen-bond acceptors (Lipinski definition) is 4. The minimum atomic E-state index is 0.403. The summed E-state index contributed by atoms with van der Waals surface area (Å²) in [5.41, 5.74) is 2.15. The van der Waals surface area contributed by atoms with Crippen LogP contribution < -0.4 is 10.1 Å². The number of nitrogens with zero attached hydrogens (tertiary/aromatic N) is 2. The monoisotopic (exact) mass is 429 g/mol. The molecule has 1 N–H and O–H groups in total. The number of rotatable bonds is 6. The lowest BCUT2D eigenvalue weighted by molar-refractivity contribution is 0.211. The van der Waals surface area contributed by atoms with Crippen molar-refractivity contribution in [1.82, 2.24) is 9.88 Å². The molecule has 4 rings (SSSR count). The number of likely N-dealkylation sites (tertiary alicyclic amines) is 1. The summed E-state index contributed by atoms with van der Waals surface area (Å²) in [6, 6.07) is 16.4. The summed E-state index contributed by atoms with van der Waals surface area (Å²) in [6.45, 7) is 5.56. The summed E-state index contributed by atoms with van der Waals surface area (Å²) in [5.74, 6) is 1.62. The van der Waals surface area contributed by atoms with E-state index >= 15 is 0 Å². The number of nitrogens with one attached hydrogen (secondary N) is 1. The number of aromatic nitrogens is 1. The molecule has 0 unspecified atom stereocenters. The van der Waals surface area contributed by atoms with Gasteiger partial charge in [0.15, 0.2) is 0 Å². The van der Waals surface area contributed by atoms with Crippen LogP contribution in [0.5, 0.6) is 5.75 Å². The number of hydrogen-bond donors (Lipinski definition) is 1. The van der Waals surface area contributed by atoms with Crippen molar-refractivity contribution in [3.8, 4) is 5.75 Å². The van der Waals surface area contributed by atoms with E-state index in [0.717, 1.165) is 60.0 Å². The minimum Gasteiger partial charge on any atom is -0.492 e. The highest BCUT2D eigenvalue weighted by atomic mass is 35.5. The molecule has 0 atom stereocenters. The number of fused-ring (bicyclic) bond motifs is 1. The van der Waals surface area contributed by atoms with Crippen LogP contribution in [0.2, 0.25) is 10.0 Å². The first kappa shape index (κ1) is 20.3. The molecule has 1 aliphatic rings. The molecule has 1 saturated heterocycles. The zero-order valence-electron chi connectivity index (χ0n) is 16.5. The molecule has 0 saturated carbocycles. The van der Waals surface area contributed by atoms with Gasteiger partial charge in [-0.05, 0) is 49.6 Å². The van der Waals surface area contributed by atoms with Gasteiger partial charge in [-0.25, -0.2) is 4.98 Å². The standard InChI is InChI=1S/C23H25Cl2N3O/c1-2-29-22-13-16(7-8-19(22)24)15-28-11-9-17(10-12-28)26-23-14-20(25)18-5-3-4-6-21(18)27-23/h3-8,13-14,17H,2,9-12,15H2,1H3,(H,26,27). The van der Waals surface area contributed by atoms with Gasteiger partial charge in [0.2, 0.25) is 0 Å². The van der Waals surface area contributed by atoms with E-state index in [-0.39, 0.29) is 0 Å². The quantitative estimate of drug-likeness (QED) is 0.519. The highest BCUT2D eigenvalue weighted by Crippen LogP contribution is 2.28. The van der Waals surface area contributed by atoms with Crippen LogP contribution in [0, 0.1) is 0 Å². The van der Waals surface area contributed by atoms with Crippen LogP contribution in [-0.4, -0.2) is 35.6 Å². The van der Waals surface area contributed by atoms with E-state index in [1.165, 1.54) is 5.56 Å². The first-order valence-corrected chi connectivity index (χ1v) is 10.8. The van der Waals surface area contributed by atoms with E-state index < -0.39 is 0 Å². The SMILES string of the molecule is CCOc1cc(CN2CCC(Nc3cc(Cl)c4ccccc4n3)CC2)ccc1Cl. The Balaban J connectivity index is 1.35. The highest BCUT2D eigenvalue weighted by molar-refractivity contribution is 6.35. The molecule has 0 spiro atoms. The highest BCUT2D eigenvalue weighted by Gasteiger charge is 2.20. The Hall–Kier alpha value is -2.01.